The van der Waals surface area contributed by atoms with Gasteiger partial charge in [0.1, 0.15) is 5.75 Å². The molecule has 21 heavy (non-hydrogen) atoms. The molecule has 1 aromatic rings. The van der Waals surface area contributed by atoms with Gasteiger partial charge in [-0.1, -0.05) is 43.9 Å². The average Bonchev–Trinajstić information content (AvgIpc) is 2.97. The lowest BCUT2D eigenvalue weighted by atomic mass is 10.0. The van der Waals surface area contributed by atoms with E-state index in [-0.39, 0.29) is 18.2 Å². The van der Waals surface area contributed by atoms with Crippen LogP contribution >= 0.6 is 0 Å². The van der Waals surface area contributed by atoms with Crippen molar-refractivity contribution in [3.05, 3.63) is 29.8 Å². The number of benzene rings is 1. The molecule has 0 aliphatic heterocycles. The molecule has 1 aliphatic carbocycles. The van der Waals surface area contributed by atoms with Gasteiger partial charge < -0.3 is 10.1 Å². The van der Waals surface area contributed by atoms with Crippen molar-refractivity contribution >= 4 is 5.91 Å². The molecule has 1 aliphatic rings. The van der Waals surface area contributed by atoms with E-state index in [0.29, 0.717) is 17.9 Å². The number of amides is 1. The smallest absolute Gasteiger partial charge is 0.387 e. The van der Waals surface area contributed by atoms with E-state index in [1.807, 2.05) is 0 Å². The van der Waals surface area contributed by atoms with Crippen molar-refractivity contribution in [2.24, 2.45) is 5.92 Å². The highest BCUT2D eigenvalue weighted by molar-refractivity contribution is 5.75. The highest BCUT2D eigenvalue weighted by Crippen LogP contribution is 2.28. The number of rotatable bonds is 7. The molecule has 0 atom stereocenters. The van der Waals surface area contributed by atoms with E-state index in [2.05, 4.69) is 10.1 Å². The Morgan fingerprint density at radius 2 is 2.00 bits per heavy atom. The van der Waals surface area contributed by atoms with Gasteiger partial charge in [-0.2, -0.15) is 8.78 Å². The van der Waals surface area contributed by atoms with Crippen LogP contribution in [0, 0.1) is 5.92 Å². The van der Waals surface area contributed by atoms with Crippen LogP contribution in [0.4, 0.5) is 8.78 Å². The Balaban J connectivity index is 1.77. The first-order chi connectivity index (χ1) is 10.1. The Bertz CT molecular complexity index is 459. The molecule has 2 rings (SSSR count). The molecule has 1 fully saturated rings. The third-order valence-electron chi connectivity index (χ3n) is 3.92. The minimum atomic E-state index is -2.86. The number of alkyl halides is 2. The maximum atomic E-state index is 12.3. The van der Waals surface area contributed by atoms with Crippen molar-refractivity contribution in [1.29, 1.82) is 0 Å². The van der Waals surface area contributed by atoms with Crippen molar-refractivity contribution in [2.75, 3.05) is 0 Å². The molecule has 0 heterocycles. The molecule has 5 heteroatoms. The van der Waals surface area contributed by atoms with Gasteiger partial charge in [-0.25, -0.2) is 0 Å². The van der Waals surface area contributed by atoms with Gasteiger partial charge in [-0.15, -0.1) is 0 Å². The van der Waals surface area contributed by atoms with Gasteiger partial charge in [-0.05, 0) is 18.4 Å². The summed E-state index contributed by atoms with van der Waals surface area (Å²) in [6, 6.07) is 6.52. The molecule has 0 radical (unpaired) electrons. The summed E-state index contributed by atoms with van der Waals surface area (Å²) in [6.45, 7) is -2.64. The highest BCUT2D eigenvalue weighted by atomic mass is 19.3. The van der Waals surface area contributed by atoms with Crippen molar-refractivity contribution in [3.63, 3.8) is 0 Å². The summed E-state index contributed by atoms with van der Waals surface area (Å²) in [5.74, 6) is 0.752. The fraction of sp³-hybridized carbons (Fsp3) is 0.562. The molecular weight excluding hydrogens is 276 g/mol. The average molecular weight is 297 g/mol. The molecule has 0 saturated heterocycles. The lowest BCUT2D eigenvalue weighted by molar-refractivity contribution is -0.121. The Labute approximate surface area is 123 Å². The molecule has 1 amide bonds. The Morgan fingerprint density at radius 1 is 1.29 bits per heavy atom. The second kappa shape index (κ2) is 7.96. The maximum Gasteiger partial charge on any atom is 0.387 e. The number of hydrogen-bond acceptors (Lipinski definition) is 2. The van der Waals surface area contributed by atoms with Crippen LogP contribution in [0.2, 0.25) is 0 Å². The van der Waals surface area contributed by atoms with E-state index >= 15 is 0 Å². The summed E-state index contributed by atoms with van der Waals surface area (Å²) in [6.07, 6.45) is 6.40. The predicted molar refractivity (Wildman–Crippen MR) is 76.1 cm³/mol. The SMILES string of the molecule is O=C(CCC1CCCC1)NCc1ccccc1OC(F)F. The van der Waals surface area contributed by atoms with Crippen molar-refractivity contribution in [3.8, 4) is 5.75 Å². The first-order valence-corrected chi connectivity index (χ1v) is 7.44. The molecule has 1 saturated carbocycles. The van der Waals surface area contributed by atoms with Crippen LogP contribution in [-0.2, 0) is 11.3 Å². The van der Waals surface area contributed by atoms with Crippen LogP contribution in [0.5, 0.6) is 5.75 Å². The summed E-state index contributed by atoms with van der Waals surface area (Å²) < 4.78 is 29.0. The van der Waals surface area contributed by atoms with E-state index < -0.39 is 6.61 Å². The van der Waals surface area contributed by atoms with Crippen molar-refractivity contribution in [1.82, 2.24) is 5.32 Å². The number of hydrogen-bond donors (Lipinski definition) is 1. The minimum Gasteiger partial charge on any atom is -0.434 e. The number of carbonyl (C=O) groups is 1. The second-order valence-corrected chi connectivity index (χ2v) is 5.45. The fourth-order valence-corrected chi connectivity index (χ4v) is 2.78. The number of nitrogens with one attached hydrogen (secondary N) is 1. The zero-order valence-corrected chi connectivity index (χ0v) is 12.0. The molecule has 0 unspecified atom stereocenters. The molecular formula is C16H21F2NO2. The largest absolute Gasteiger partial charge is 0.434 e. The second-order valence-electron chi connectivity index (χ2n) is 5.45. The number of carbonyl (C=O) groups excluding carboxylic acids is 1. The van der Waals surface area contributed by atoms with Crippen LogP contribution in [0.15, 0.2) is 24.3 Å². The highest BCUT2D eigenvalue weighted by Gasteiger charge is 2.16. The van der Waals surface area contributed by atoms with Crippen LogP contribution in [0.1, 0.15) is 44.1 Å². The van der Waals surface area contributed by atoms with Gasteiger partial charge in [0.05, 0.1) is 0 Å². The van der Waals surface area contributed by atoms with E-state index in [0.717, 1.165) is 6.42 Å². The van der Waals surface area contributed by atoms with E-state index in [9.17, 15) is 13.6 Å². The number of para-hydroxylation sites is 1. The number of ether oxygens (including phenoxy) is 1. The molecule has 0 aromatic heterocycles. The molecule has 0 spiro atoms. The molecule has 3 nitrogen and oxygen atoms in total. The fourth-order valence-electron chi connectivity index (χ4n) is 2.78. The Kier molecular flexibility index (Phi) is 5.96. The standard InChI is InChI=1S/C16H21F2NO2/c17-16(18)21-14-8-4-3-7-13(14)11-19-15(20)10-9-12-5-1-2-6-12/h3-4,7-8,12,16H,1-2,5-6,9-11H2,(H,19,20). The predicted octanol–water partition coefficient (Wildman–Crippen LogP) is 3.87. The van der Waals surface area contributed by atoms with E-state index in [4.69, 9.17) is 0 Å². The van der Waals surface area contributed by atoms with Gasteiger partial charge in [0.15, 0.2) is 0 Å². The van der Waals surface area contributed by atoms with Crippen LogP contribution in [0.25, 0.3) is 0 Å². The van der Waals surface area contributed by atoms with Gasteiger partial charge in [0.25, 0.3) is 0 Å². The lowest BCUT2D eigenvalue weighted by Crippen LogP contribution is -2.23. The first-order valence-electron chi connectivity index (χ1n) is 7.44. The van der Waals surface area contributed by atoms with Crippen LogP contribution < -0.4 is 10.1 Å². The topological polar surface area (TPSA) is 38.3 Å². The van der Waals surface area contributed by atoms with E-state index in [1.54, 1.807) is 18.2 Å². The summed E-state index contributed by atoms with van der Waals surface area (Å²) in [4.78, 5) is 11.8. The Hall–Kier alpha value is -1.65. The van der Waals surface area contributed by atoms with Gasteiger partial charge in [-0.3, -0.25) is 4.79 Å². The first kappa shape index (κ1) is 15.7. The summed E-state index contributed by atoms with van der Waals surface area (Å²) in [5.41, 5.74) is 0.562. The third-order valence-corrected chi connectivity index (χ3v) is 3.92. The molecule has 1 aromatic carbocycles. The summed E-state index contributed by atoms with van der Waals surface area (Å²) in [7, 11) is 0. The summed E-state index contributed by atoms with van der Waals surface area (Å²) in [5, 5.41) is 2.77. The van der Waals surface area contributed by atoms with Crippen molar-refractivity contribution in [2.45, 2.75) is 51.7 Å². The lowest BCUT2D eigenvalue weighted by Gasteiger charge is -2.12. The minimum absolute atomic E-state index is 0.0336. The van der Waals surface area contributed by atoms with Gasteiger partial charge in [0.2, 0.25) is 5.91 Å². The molecule has 1 N–H and O–H groups in total. The third kappa shape index (κ3) is 5.33. The van der Waals surface area contributed by atoms with E-state index in [1.165, 1.54) is 31.7 Å². The maximum absolute atomic E-state index is 12.3. The quantitative estimate of drug-likeness (QED) is 0.829. The number of halogens is 2. The zero-order valence-electron chi connectivity index (χ0n) is 12.0. The van der Waals surface area contributed by atoms with Crippen molar-refractivity contribution < 1.29 is 18.3 Å². The normalized spacial score (nSPS) is 15.4. The Morgan fingerprint density at radius 3 is 2.71 bits per heavy atom. The van der Waals surface area contributed by atoms with Crippen LogP contribution in [-0.4, -0.2) is 12.5 Å². The summed E-state index contributed by atoms with van der Waals surface area (Å²) >= 11 is 0. The molecule has 116 valence electrons. The van der Waals surface area contributed by atoms with Crippen LogP contribution in [0.3, 0.4) is 0 Å². The molecule has 0 bridgehead atoms. The zero-order chi connectivity index (χ0) is 15.1. The van der Waals surface area contributed by atoms with Gasteiger partial charge in [0, 0.05) is 18.5 Å². The van der Waals surface area contributed by atoms with Gasteiger partial charge >= 0.3 is 6.61 Å². The monoisotopic (exact) mass is 297 g/mol.